The molecule has 0 saturated heterocycles. The molecule has 0 saturated carbocycles. The highest BCUT2D eigenvalue weighted by atomic mass is 16.6. The number of aliphatic hydroxyl groups excluding tert-OH is 2. The quantitative estimate of drug-likeness (QED) is 0.570. The van der Waals surface area contributed by atoms with Crippen molar-refractivity contribution < 1.29 is 24.4 Å². The van der Waals surface area contributed by atoms with Crippen LogP contribution in [0.5, 0.6) is 17.2 Å². The number of hydrogen-bond acceptors (Lipinski definition) is 5. The van der Waals surface area contributed by atoms with Crippen LogP contribution in [0.1, 0.15) is 22.4 Å². The van der Waals surface area contributed by atoms with Gasteiger partial charge in [-0.2, -0.15) is 0 Å². The Bertz CT molecular complexity index is 1070. The van der Waals surface area contributed by atoms with Crippen LogP contribution in [0, 0.1) is 0 Å². The fourth-order valence-electron chi connectivity index (χ4n) is 4.30. The lowest BCUT2D eigenvalue weighted by atomic mass is 10.0. The lowest BCUT2D eigenvalue weighted by Crippen LogP contribution is -2.15. The third-order valence-corrected chi connectivity index (χ3v) is 5.51. The van der Waals surface area contributed by atoms with Crippen LogP contribution < -0.4 is 14.2 Å². The molecule has 0 amide bonds. The predicted octanol–water partition coefficient (Wildman–Crippen LogP) is 2.81. The summed E-state index contributed by atoms with van der Waals surface area (Å²) in [6, 6.07) is 11.7. The van der Waals surface area contributed by atoms with E-state index < -0.39 is 0 Å². The predicted molar refractivity (Wildman–Crippen MR) is 103 cm³/mol. The van der Waals surface area contributed by atoms with Crippen molar-refractivity contribution >= 4 is 0 Å². The molecule has 0 fully saturated rings. The van der Waals surface area contributed by atoms with E-state index in [2.05, 4.69) is 4.57 Å². The number of ether oxygens (including phenoxy) is 3. The zero-order valence-electron chi connectivity index (χ0n) is 15.6. The summed E-state index contributed by atoms with van der Waals surface area (Å²) in [4.78, 5) is 0. The van der Waals surface area contributed by atoms with Crippen molar-refractivity contribution in [3.8, 4) is 34.2 Å². The molecule has 2 aromatic carbocycles. The molecule has 1 aromatic heterocycles. The maximum Gasteiger partial charge on any atom is 0.163 e. The second kappa shape index (κ2) is 6.58. The normalized spacial score (nSPS) is 14.0. The van der Waals surface area contributed by atoms with Crippen molar-refractivity contribution in [1.29, 1.82) is 0 Å². The average Bonchev–Trinajstić information content (AvgIpc) is 3.24. The molecule has 0 spiro atoms. The summed E-state index contributed by atoms with van der Waals surface area (Å²) in [5.74, 6) is 2.18. The number of fused-ring (bicyclic) bond motifs is 4. The molecule has 6 heteroatoms. The van der Waals surface area contributed by atoms with Gasteiger partial charge in [-0.3, -0.25) is 0 Å². The van der Waals surface area contributed by atoms with E-state index in [1.807, 2.05) is 36.4 Å². The Morgan fingerprint density at radius 2 is 1.71 bits per heavy atom. The first kappa shape index (κ1) is 17.2. The van der Waals surface area contributed by atoms with Gasteiger partial charge in [-0.15, -0.1) is 0 Å². The Balaban J connectivity index is 1.81. The first-order valence-electron chi connectivity index (χ1n) is 9.30. The third-order valence-electron chi connectivity index (χ3n) is 5.51. The van der Waals surface area contributed by atoms with Gasteiger partial charge in [0.2, 0.25) is 0 Å². The maximum absolute atomic E-state index is 10.1. The molecule has 0 atom stereocenters. The molecule has 28 heavy (non-hydrogen) atoms. The van der Waals surface area contributed by atoms with Crippen LogP contribution in [0.4, 0.5) is 0 Å². The number of methoxy groups -OCH3 is 1. The third kappa shape index (κ3) is 2.35. The van der Waals surface area contributed by atoms with Crippen molar-refractivity contribution in [2.45, 2.75) is 19.6 Å². The minimum absolute atomic E-state index is 0.138. The van der Waals surface area contributed by atoms with Crippen molar-refractivity contribution in [2.24, 2.45) is 0 Å². The molecular weight excluding hydrogens is 358 g/mol. The zero-order chi connectivity index (χ0) is 19.3. The summed E-state index contributed by atoms with van der Waals surface area (Å²) in [5, 5.41) is 20.2. The number of aromatic nitrogens is 1. The minimum atomic E-state index is -0.164. The molecule has 0 bridgehead atoms. The second-order valence-corrected chi connectivity index (χ2v) is 6.91. The highest BCUT2D eigenvalue weighted by molar-refractivity contribution is 5.78. The number of nitrogens with zero attached hydrogens (tertiary/aromatic N) is 1. The Hall–Kier alpha value is -2.96. The molecule has 3 aromatic rings. The van der Waals surface area contributed by atoms with E-state index in [1.165, 1.54) is 0 Å². The van der Waals surface area contributed by atoms with E-state index in [0.29, 0.717) is 31.1 Å². The first-order chi connectivity index (χ1) is 13.8. The molecule has 0 unspecified atom stereocenters. The van der Waals surface area contributed by atoms with Crippen molar-refractivity contribution in [2.75, 3.05) is 20.3 Å². The van der Waals surface area contributed by atoms with E-state index >= 15 is 0 Å². The summed E-state index contributed by atoms with van der Waals surface area (Å²) < 4.78 is 19.2. The standard InChI is InChI=1S/C22H21NO5/c1-26-19-5-3-2-4-14(19)22-16(12-25)15(11-24)18-8-13-9-20-21(28-7-6-27-20)10-17(13)23(18)22/h2-5,9-10,24-25H,6-8,11-12H2,1H3. The average molecular weight is 379 g/mol. The molecule has 5 rings (SSSR count). The summed E-state index contributed by atoms with van der Waals surface area (Å²) >= 11 is 0. The van der Waals surface area contributed by atoms with Gasteiger partial charge in [0.25, 0.3) is 0 Å². The smallest absolute Gasteiger partial charge is 0.163 e. The summed E-state index contributed by atoms with van der Waals surface area (Å²) in [5.41, 5.74) is 6.27. The van der Waals surface area contributed by atoms with Gasteiger partial charge < -0.3 is 29.0 Å². The van der Waals surface area contributed by atoms with Crippen LogP contribution in [0.3, 0.4) is 0 Å². The van der Waals surface area contributed by atoms with Crippen LogP contribution in [-0.2, 0) is 19.6 Å². The van der Waals surface area contributed by atoms with E-state index in [0.717, 1.165) is 45.1 Å². The monoisotopic (exact) mass is 379 g/mol. The topological polar surface area (TPSA) is 73.1 Å². The molecule has 0 radical (unpaired) electrons. The van der Waals surface area contributed by atoms with Crippen LogP contribution in [-0.4, -0.2) is 35.1 Å². The fraction of sp³-hybridized carbons (Fsp3) is 0.273. The van der Waals surface area contributed by atoms with E-state index in [9.17, 15) is 10.2 Å². The molecule has 3 heterocycles. The van der Waals surface area contributed by atoms with Crippen molar-refractivity contribution in [3.05, 3.63) is 58.8 Å². The van der Waals surface area contributed by atoms with Gasteiger partial charge in [0.05, 0.1) is 31.7 Å². The first-order valence-corrected chi connectivity index (χ1v) is 9.30. The summed E-state index contributed by atoms with van der Waals surface area (Å²) in [7, 11) is 1.63. The lowest BCUT2D eigenvalue weighted by molar-refractivity contribution is 0.171. The highest BCUT2D eigenvalue weighted by Crippen LogP contribution is 2.46. The number of rotatable bonds is 4. The van der Waals surface area contributed by atoms with Gasteiger partial charge in [-0.1, -0.05) is 12.1 Å². The van der Waals surface area contributed by atoms with Gasteiger partial charge in [0.1, 0.15) is 19.0 Å². The fourth-order valence-corrected chi connectivity index (χ4v) is 4.30. The van der Waals surface area contributed by atoms with Crippen LogP contribution in [0.2, 0.25) is 0 Å². The van der Waals surface area contributed by atoms with Gasteiger partial charge >= 0.3 is 0 Å². The van der Waals surface area contributed by atoms with Gasteiger partial charge in [-0.05, 0) is 23.8 Å². The Kier molecular flexibility index (Phi) is 4.03. The second-order valence-electron chi connectivity index (χ2n) is 6.91. The number of hydrogen-bond donors (Lipinski definition) is 2. The number of para-hydroxylation sites is 1. The SMILES string of the molecule is COc1ccccc1-c1c(CO)c(CO)c2n1-c1cc3c(cc1C2)OCCO3. The van der Waals surface area contributed by atoms with E-state index in [4.69, 9.17) is 14.2 Å². The molecule has 2 N–H and O–H groups in total. The minimum Gasteiger partial charge on any atom is -0.496 e. The summed E-state index contributed by atoms with van der Waals surface area (Å²) in [6.07, 6.45) is 0.657. The summed E-state index contributed by atoms with van der Waals surface area (Å²) in [6.45, 7) is 0.763. The Morgan fingerprint density at radius 3 is 2.43 bits per heavy atom. The zero-order valence-corrected chi connectivity index (χ0v) is 15.6. The van der Waals surface area contributed by atoms with Crippen molar-refractivity contribution in [3.63, 3.8) is 0 Å². The van der Waals surface area contributed by atoms with E-state index in [1.54, 1.807) is 7.11 Å². The largest absolute Gasteiger partial charge is 0.496 e. The highest BCUT2D eigenvalue weighted by Gasteiger charge is 2.32. The van der Waals surface area contributed by atoms with Crippen molar-refractivity contribution in [1.82, 2.24) is 4.57 Å². The molecule has 0 aliphatic carbocycles. The van der Waals surface area contributed by atoms with Crippen LogP contribution in [0.15, 0.2) is 36.4 Å². The molecule has 2 aliphatic rings. The van der Waals surface area contributed by atoms with Gasteiger partial charge in [0, 0.05) is 34.9 Å². The van der Waals surface area contributed by atoms with Gasteiger partial charge in [0.15, 0.2) is 11.5 Å². The maximum atomic E-state index is 10.1. The molecule has 6 nitrogen and oxygen atoms in total. The van der Waals surface area contributed by atoms with E-state index in [-0.39, 0.29) is 13.2 Å². The lowest BCUT2D eigenvalue weighted by Gasteiger charge is -2.20. The Morgan fingerprint density at radius 1 is 1.00 bits per heavy atom. The number of benzene rings is 2. The number of aliphatic hydroxyl groups is 2. The van der Waals surface area contributed by atoms with Crippen LogP contribution in [0.25, 0.3) is 16.9 Å². The molecular formula is C22H21NO5. The van der Waals surface area contributed by atoms with Crippen LogP contribution >= 0.6 is 0 Å². The molecule has 144 valence electrons. The molecule has 2 aliphatic heterocycles. The Labute approximate surface area is 162 Å². The van der Waals surface area contributed by atoms with Gasteiger partial charge in [-0.25, -0.2) is 0 Å².